The van der Waals surface area contributed by atoms with E-state index < -0.39 is 0 Å². The maximum Gasteiger partial charge on any atom is 0.240 e. The smallest absolute Gasteiger partial charge is 0.240 e. The molecule has 2 amide bonds. The number of benzene rings is 1. The van der Waals surface area contributed by atoms with Crippen LogP contribution in [0.25, 0.3) is 0 Å². The van der Waals surface area contributed by atoms with Gasteiger partial charge in [-0.05, 0) is 18.6 Å². The summed E-state index contributed by atoms with van der Waals surface area (Å²) >= 11 is 1.35. The van der Waals surface area contributed by atoms with Crippen LogP contribution in [0.4, 0.5) is 5.69 Å². The molecule has 16 heavy (non-hydrogen) atoms. The number of nitrogens with one attached hydrogen (secondary N) is 1. The molecule has 4 nitrogen and oxygen atoms in total. The average Bonchev–Trinajstić information content (AvgIpc) is 2.53. The van der Waals surface area contributed by atoms with Crippen LogP contribution < -0.4 is 11.1 Å². The fourth-order valence-corrected chi connectivity index (χ4v) is 2.69. The number of hydrogen-bond donors (Lipinski definition) is 2. The molecular formula is C11H12N2O2S. The molecule has 1 aliphatic rings. The number of nitrogens with two attached hydrogens (primary N) is 1. The SMILES string of the molecule is Cc1cccc(SC2CC(=O)NC2=O)c1N. The standard InChI is InChI=1S/C11H12N2O2S/c1-6-3-2-4-7(10(6)12)16-8-5-9(14)13-11(8)15/h2-4,8H,5,12H2,1H3,(H,13,14,15). The molecule has 3 N–H and O–H groups in total. The number of nitrogen functional groups attached to an aromatic ring is 1. The summed E-state index contributed by atoms with van der Waals surface area (Å²) in [5.74, 6) is -0.440. The van der Waals surface area contributed by atoms with E-state index in [1.807, 2.05) is 25.1 Å². The first-order chi connectivity index (χ1) is 7.58. The number of amides is 2. The fourth-order valence-electron chi connectivity index (χ4n) is 1.53. The molecule has 1 aromatic carbocycles. The highest BCUT2D eigenvalue weighted by Gasteiger charge is 2.31. The van der Waals surface area contributed by atoms with Crippen molar-refractivity contribution < 1.29 is 9.59 Å². The summed E-state index contributed by atoms with van der Waals surface area (Å²) in [7, 11) is 0. The predicted molar refractivity (Wildman–Crippen MR) is 63.0 cm³/mol. The Hall–Kier alpha value is -1.49. The summed E-state index contributed by atoms with van der Waals surface area (Å²) in [5, 5.41) is 1.93. The summed E-state index contributed by atoms with van der Waals surface area (Å²) in [6.07, 6.45) is 0.233. The first-order valence-electron chi connectivity index (χ1n) is 4.93. The maximum absolute atomic E-state index is 11.4. The van der Waals surface area contributed by atoms with Gasteiger partial charge in [0.15, 0.2) is 0 Å². The van der Waals surface area contributed by atoms with E-state index in [1.54, 1.807) is 0 Å². The Morgan fingerprint density at radius 3 is 2.81 bits per heavy atom. The van der Waals surface area contributed by atoms with Crippen LogP contribution in [0, 0.1) is 6.92 Å². The minimum absolute atomic E-state index is 0.214. The highest BCUT2D eigenvalue weighted by atomic mass is 32.2. The van der Waals surface area contributed by atoms with Gasteiger partial charge in [0.05, 0.1) is 5.25 Å². The first kappa shape index (κ1) is 11.0. The third-order valence-electron chi connectivity index (χ3n) is 2.48. The molecule has 1 saturated heterocycles. The van der Waals surface area contributed by atoms with Gasteiger partial charge in [-0.25, -0.2) is 0 Å². The van der Waals surface area contributed by atoms with Gasteiger partial charge in [-0.3, -0.25) is 14.9 Å². The second kappa shape index (κ2) is 4.17. The first-order valence-corrected chi connectivity index (χ1v) is 5.81. The monoisotopic (exact) mass is 236 g/mol. The number of hydrogen-bond acceptors (Lipinski definition) is 4. The number of aryl methyl sites for hydroxylation is 1. The third-order valence-corrected chi connectivity index (χ3v) is 3.75. The van der Waals surface area contributed by atoms with E-state index in [0.717, 1.165) is 10.5 Å². The molecule has 84 valence electrons. The molecule has 0 aliphatic carbocycles. The lowest BCUT2D eigenvalue weighted by Crippen LogP contribution is -2.23. The van der Waals surface area contributed by atoms with Gasteiger partial charge in [0.2, 0.25) is 11.8 Å². The number of thioether (sulfide) groups is 1. The Balaban J connectivity index is 2.18. The van der Waals surface area contributed by atoms with E-state index in [4.69, 9.17) is 5.73 Å². The zero-order valence-corrected chi connectivity index (χ0v) is 9.64. The van der Waals surface area contributed by atoms with E-state index in [1.165, 1.54) is 11.8 Å². The maximum atomic E-state index is 11.4. The van der Waals surface area contributed by atoms with Crippen molar-refractivity contribution in [2.75, 3.05) is 5.73 Å². The van der Waals surface area contributed by atoms with Crippen molar-refractivity contribution >= 4 is 29.3 Å². The fraction of sp³-hybridized carbons (Fsp3) is 0.273. The molecule has 1 aromatic rings. The van der Waals surface area contributed by atoms with Crippen molar-refractivity contribution in [2.24, 2.45) is 0 Å². The molecule has 1 aliphatic heterocycles. The number of imide groups is 1. The van der Waals surface area contributed by atoms with Gasteiger partial charge in [0.25, 0.3) is 0 Å². The van der Waals surface area contributed by atoms with E-state index in [-0.39, 0.29) is 23.5 Å². The van der Waals surface area contributed by atoms with Crippen LogP contribution in [-0.4, -0.2) is 17.1 Å². The number of para-hydroxylation sites is 1. The van der Waals surface area contributed by atoms with Gasteiger partial charge >= 0.3 is 0 Å². The van der Waals surface area contributed by atoms with Crippen LogP contribution >= 0.6 is 11.8 Å². The molecule has 0 aromatic heterocycles. The summed E-state index contributed by atoms with van der Waals surface area (Å²) in [4.78, 5) is 23.3. The molecule has 0 radical (unpaired) electrons. The Bertz CT molecular complexity index is 459. The normalized spacial score (nSPS) is 19.9. The van der Waals surface area contributed by atoms with Crippen LogP contribution in [0.15, 0.2) is 23.1 Å². The average molecular weight is 236 g/mol. The van der Waals surface area contributed by atoms with Crippen LogP contribution in [-0.2, 0) is 9.59 Å². The molecular weight excluding hydrogens is 224 g/mol. The lowest BCUT2D eigenvalue weighted by molar-refractivity contribution is -0.124. The largest absolute Gasteiger partial charge is 0.398 e. The van der Waals surface area contributed by atoms with Gasteiger partial charge < -0.3 is 5.73 Å². The topological polar surface area (TPSA) is 72.2 Å². The second-order valence-corrected chi connectivity index (χ2v) is 4.95. The Labute approximate surface area is 97.6 Å². The van der Waals surface area contributed by atoms with Crippen molar-refractivity contribution in [3.8, 4) is 0 Å². The van der Waals surface area contributed by atoms with E-state index in [9.17, 15) is 9.59 Å². The molecule has 1 heterocycles. The number of carbonyl (C=O) groups excluding carboxylic acids is 2. The second-order valence-electron chi connectivity index (χ2n) is 3.71. The number of rotatable bonds is 2. The van der Waals surface area contributed by atoms with Crippen LogP contribution in [0.5, 0.6) is 0 Å². The van der Waals surface area contributed by atoms with E-state index in [0.29, 0.717) is 5.69 Å². The molecule has 0 spiro atoms. The molecule has 0 bridgehead atoms. The predicted octanol–water partition coefficient (Wildman–Crippen LogP) is 1.08. The minimum atomic E-state index is -0.350. The number of anilines is 1. The molecule has 2 rings (SSSR count). The van der Waals surface area contributed by atoms with Crippen molar-refractivity contribution in [3.63, 3.8) is 0 Å². The van der Waals surface area contributed by atoms with Crippen LogP contribution in [0.3, 0.4) is 0 Å². The van der Waals surface area contributed by atoms with Gasteiger partial charge in [0, 0.05) is 17.0 Å². The molecule has 5 heteroatoms. The lowest BCUT2D eigenvalue weighted by Gasteiger charge is -2.10. The van der Waals surface area contributed by atoms with Crippen molar-refractivity contribution in [3.05, 3.63) is 23.8 Å². The minimum Gasteiger partial charge on any atom is -0.398 e. The van der Waals surface area contributed by atoms with Gasteiger partial charge in [0.1, 0.15) is 0 Å². The van der Waals surface area contributed by atoms with E-state index >= 15 is 0 Å². The van der Waals surface area contributed by atoms with Crippen molar-refractivity contribution in [1.82, 2.24) is 5.32 Å². The van der Waals surface area contributed by atoms with Gasteiger partial charge in [-0.2, -0.15) is 0 Å². The van der Waals surface area contributed by atoms with Crippen molar-refractivity contribution in [2.45, 2.75) is 23.5 Å². The summed E-state index contributed by atoms with van der Waals surface area (Å²) in [6.45, 7) is 1.92. The van der Waals surface area contributed by atoms with E-state index in [2.05, 4.69) is 5.32 Å². The molecule has 0 saturated carbocycles. The lowest BCUT2D eigenvalue weighted by atomic mass is 10.2. The number of carbonyl (C=O) groups is 2. The molecule has 1 fully saturated rings. The third kappa shape index (κ3) is 2.04. The highest BCUT2D eigenvalue weighted by Crippen LogP contribution is 2.33. The summed E-state index contributed by atoms with van der Waals surface area (Å²) in [6, 6.07) is 5.67. The van der Waals surface area contributed by atoms with Gasteiger partial charge in [-0.1, -0.05) is 12.1 Å². The van der Waals surface area contributed by atoms with Crippen LogP contribution in [0.2, 0.25) is 0 Å². The Morgan fingerprint density at radius 1 is 1.44 bits per heavy atom. The molecule has 1 unspecified atom stereocenters. The van der Waals surface area contributed by atoms with Crippen LogP contribution in [0.1, 0.15) is 12.0 Å². The summed E-state index contributed by atoms with van der Waals surface area (Å²) < 4.78 is 0. The molecule has 1 atom stereocenters. The zero-order valence-electron chi connectivity index (χ0n) is 8.82. The quantitative estimate of drug-likeness (QED) is 0.595. The zero-order chi connectivity index (χ0) is 11.7. The Kier molecular flexibility index (Phi) is 2.87. The highest BCUT2D eigenvalue weighted by molar-refractivity contribution is 8.00. The summed E-state index contributed by atoms with van der Waals surface area (Å²) in [5.41, 5.74) is 7.56. The Morgan fingerprint density at radius 2 is 2.19 bits per heavy atom. The van der Waals surface area contributed by atoms with Crippen molar-refractivity contribution in [1.29, 1.82) is 0 Å². The van der Waals surface area contributed by atoms with Gasteiger partial charge in [-0.15, -0.1) is 11.8 Å².